The maximum Gasteiger partial charge on any atom is 0.340 e. The van der Waals surface area contributed by atoms with E-state index in [4.69, 9.17) is 4.42 Å². The van der Waals surface area contributed by atoms with Crippen LogP contribution in [0.1, 0.15) is 5.56 Å². The van der Waals surface area contributed by atoms with Crippen LogP contribution in [0.4, 0.5) is 0 Å². The van der Waals surface area contributed by atoms with Gasteiger partial charge in [0, 0.05) is 24.2 Å². The molecule has 0 spiro atoms. The second-order valence-corrected chi connectivity index (χ2v) is 6.24. The van der Waals surface area contributed by atoms with E-state index in [1.165, 1.54) is 11.1 Å². The molecule has 0 saturated heterocycles. The average molecular weight is 325 g/mol. The first-order chi connectivity index (χ1) is 12.4. The lowest BCUT2D eigenvalue weighted by Gasteiger charge is -2.01. The third-order valence-electron chi connectivity index (χ3n) is 4.87. The standard InChI is InChI=1S/C20H13N4O/c1-2-4-14(5-3-1)24-18-16-7-9-22-11-17(16)25-20(18)23-12-13-10-21-8-6-15(13)19(23)24/h1-11H,12H2/q+1. The summed E-state index contributed by atoms with van der Waals surface area (Å²) in [5.41, 5.74) is 6.29. The highest BCUT2D eigenvalue weighted by Gasteiger charge is 2.38. The molecular formula is C20H13N4O+. The van der Waals surface area contributed by atoms with E-state index in [1.807, 2.05) is 30.7 Å². The summed E-state index contributed by atoms with van der Waals surface area (Å²) in [6, 6.07) is 14.5. The molecule has 4 aromatic heterocycles. The van der Waals surface area contributed by atoms with Gasteiger partial charge in [-0.05, 0) is 24.3 Å². The molecule has 5 nitrogen and oxygen atoms in total. The van der Waals surface area contributed by atoms with Crippen molar-refractivity contribution >= 4 is 22.2 Å². The highest BCUT2D eigenvalue weighted by Crippen LogP contribution is 2.37. The van der Waals surface area contributed by atoms with E-state index in [-0.39, 0.29) is 0 Å². The molecular weight excluding hydrogens is 312 g/mol. The number of benzene rings is 1. The minimum absolute atomic E-state index is 0.766. The zero-order valence-electron chi connectivity index (χ0n) is 13.3. The summed E-state index contributed by atoms with van der Waals surface area (Å²) in [4.78, 5) is 8.48. The topological polar surface area (TPSA) is 47.7 Å². The number of aromatic nitrogens is 4. The van der Waals surface area contributed by atoms with Crippen LogP contribution >= 0.6 is 0 Å². The van der Waals surface area contributed by atoms with E-state index in [1.54, 1.807) is 6.20 Å². The van der Waals surface area contributed by atoms with Gasteiger partial charge in [-0.1, -0.05) is 18.2 Å². The first-order valence-corrected chi connectivity index (χ1v) is 8.21. The molecule has 1 aromatic carbocycles. The molecule has 6 rings (SSSR count). The number of furan rings is 1. The Labute approximate surface area is 142 Å². The van der Waals surface area contributed by atoms with Gasteiger partial charge in [-0.2, -0.15) is 9.13 Å². The summed E-state index contributed by atoms with van der Waals surface area (Å²) >= 11 is 0. The smallest absolute Gasteiger partial charge is 0.340 e. The summed E-state index contributed by atoms with van der Waals surface area (Å²) in [7, 11) is 0. The summed E-state index contributed by atoms with van der Waals surface area (Å²) in [5, 5.41) is 1.08. The van der Waals surface area contributed by atoms with E-state index in [9.17, 15) is 0 Å². The minimum atomic E-state index is 0.766. The van der Waals surface area contributed by atoms with Crippen molar-refractivity contribution in [2.24, 2.45) is 0 Å². The predicted octanol–water partition coefficient (Wildman–Crippen LogP) is 3.48. The average Bonchev–Trinajstić information content (AvgIpc) is 3.30. The lowest BCUT2D eigenvalue weighted by atomic mass is 10.1. The van der Waals surface area contributed by atoms with Gasteiger partial charge < -0.3 is 4.42 Å². The van der Waals surface area contributed by atoms with Crippen LogP contribution in [0.3, 0.4) is 0 Å². The van der Waals surface area contributed by atoms with Crippen molar-refractivity contribution < 1.29 is 8.98 Å². The van der Waals surface area contributed by atoms with Crippen molar-refractivity contribution in [3.8, 4) is 17.1 Å². The van der Waals surface area contributed by atoms with E-state index >= 15 is 0 Å². The summed E-state index contributed by atoms with van der Waals surface area (Å²) in [6.45, 7) is 0.766. The van der Waals surface area contributed by atoms with Gasteiger partial charge in [0.2, 0.25) is 5.52 Å². The van der Waals surface area contributed by atoms with Gasteiger partial charge >= 0.3 is 5.71 Å². The van der Waals surface area contributed by atoms with Crippen LogP contribution in [-0.4, -0.2) is 14.5 Å². The Morgan fingerprint density at radius 1 is 0.960 bits per heavy atom. The molecule has 5 heterocycles. The number of imidazole rings is 1. The monoisotopic (exact) mass is 325 g/mol. The van der Waals surface area contributed by atoms with Crippen LogP contribution < -0.4 is 4.57 Å². The summed E-state index contributed by atoms with van der Waals surface area (Å²) in [5.74, 6) is 1.14. The highest BCUT2D eigenvalue weighted by molar-refractivity contribution is 6.02. The van der Waals surface area contributed by atoms with Crippen LogP contribution in [0.5, 0.6) is 0 Å². The van der Waals surface area contributed by atoms with Crippen LogP contribution in [0.2, 0.25) is 0 Å². The lowest BCUT2D eigenvalue weighted by molar-refractivity contribution is -0.652. The largest absolute Gasteiger partial charge is 0.417 e. The van der Waals surface area contributed by atoms with E-state index in [0.717, 1.165) is 40.3 Å². The number of hydrogen-bond donors (Lipinski definition) is 0. The molecule has 0 amide bonds. The molecule has 1 aliphatic rings. The Hall–Kier alpha value is -3.47. The molecule has 0 saturated carbocycles. The van der Waals surface area contributed by atoms with E-state index in [0.29, 0.717) is 0 Å². The first kappa shape index (κ1) is 12.9. The second-order valence-electron chi connectivity index (χ2n) is 6.24. The molecule has 0 unspecified atom stereocenters. The lowest BCUT2D eigenvalue weighted by Crippen LogP contribution is -2.31. The number of rotatable bonds is 1. The molecule has 0 fully saturated rings. The van der Waals surface area contributed by atoms with Crippen molar-refractivity contribution in [1.82, 2.24) is 14.5 Å². The number of nitrogens with zero attached hydrogens (tertiary/aromatic N) is 4. The SMILES string of the molecule is c1ccc(-n2c3[n+](c4oc5cnccc5c42)Cc2cnccc2-3)cc1. The Morgan fingerprint density at radius 3 is 2.72 bits per heavy atom. The molecule has 5 heteroatoms. The van der Waals surface area contributed by atoms with Gasteiger partial charge in [-0.3, -0.25) is 9.97 Å². The molecule has 0 aliphatic carbocycles. The van der Waals surface area contributed by atoms with E-state index in [2.05, 4.69) is 49.4 Å². The molecule has 0 N–H and O–H groups in total. The number of hydrogen-bond acceptors (Lipinski definition) is 3. The van der Waals surface area contributed by atoms with Gasteiger partial charge in [0.15, 0.2) is 5.58 Å². The number of pyridine rings is 2. The number of para-hydroxylation sites is 1. The van der Waals surface area contributed by atoms with Crippen LogP contribution in [0.15, 0.2) is 71.7 Å². The fourth-order valence-electron chi connectivity index (χ4n) is 3.83. The van der Waals surface area contributed by atoms with Crippen molar-refractivity contribution in [3.05, 3.63) is 72.8 Å². The fourth-order valence-corrected chi connectivity index (χ4v) is 3.83. The van der Waals surface area contributed by atoms with Gasteiger partial charge in [-0.25, -0.2) is 0 Å². The Morgan fingerprint density at radius 2 is 1.80 bits per heavy atom. The van der Waals surface area contributed by atoms with Crippen LogP contribution in [-0.2, 0) is 6.54 Å². The van der Waals surface area contributed by atoms with Gasteiger partial charge in [-0.15, -0.1) is 0 Å². The molecule has 0 bridgehead atoms. The molecule has 0 atom stereocenters. The zero-order valence-corrected chi connectivity index (χ0v) is 13.3. The van der Waals surface area contributed by atoms with Gasteiger partial charge in [0.1, 0.15) is 12.2 Å². The van der Waals surface area contributed by atoms with Gasteiger partial charge in [0.05, 0.1) is 17.1 Å². The molecule has 25 heavy (non-hydrogen) atoms. The number of fused-ring (bicyclic) bond motifs is 7. The minimum Gasteiger partial charge on any atom is -0.417 e. The van der Waals surface area contributed by atoms with Crippen LogP contribution in [0, 0.1) is 0 Å². The Bertz CT molecular complexity index is 1270. The van der Waals surface area contributed by atoms with Crippen molar-refractivity contribution in [2.45, 2.75) is 6.54 Å². The Balaban J connectivity index is 1.84. The normalized spacial score (nSPS) is 12.6. The third kappa shape index (κ3) is 1.59. The quantitative estimate of drug-likeness (QED) is 0.435. The maximum atomic E-state index is 6.19. The van der Waals surface area contributed by atoms with Gasteiger partial charge in [0.25, 0.3) is 5.82 Å². The Kier molecular flexibility index (Phi) is 2.34. The summed E-state index contributed by atoms with van der Waals surface area (Å²) in [6.07, 6.45) is 7.38. The molecule has 5 aromatic rings. The maximum absolute atomic E-state index is 6.19. The van der Waals surface area contributed by atoms with Crippen molar-refractivity contribution in [1.29, 1.82) is 0 Å². The van der Waals surface area contributed by atoms with Crippen molar-refractivity contribution in [3.63, 3.8) is 0 Å². The highest BCUT2D eigenvalue weighted by atomic mass is 16.3. The second kappa shape index (κ2) is 4.54. The molecule has 1 aliphatic heterocycles. The van der Waals surface area contributed by atoms with Crippen LogP contribution in [0.25, 0.3) is 39.3 Å². The molecule has 118 valence electrons. The fraction of sp³-hybridized carbons (Fsp3) is 0.0500. The zero-order chi connectivity index (χ0) is 16.4. The predicted molar refractivity (Wildman–Crippen MR) is 93.4 cm³/mol. The summed E-state index contributed by atoms with van der Waals surface area (Å²) < 4.78 is 10.7. The third-order valence-corrected chi connectivity index (χ3v) is 4.87. The first-order valence-electron chi connectivity index (χ1n) is 8.21. The van der Waals surface area contributed by atoms with E-state index < -0.39 is 0 Å². The molecule has 0 radical (unpaired) electrons. The van der Waals surface area contributed by atoms with Crippen molar-refractivity contribution in [2.75, 3.05) is 0 Å².